The molecule has 0 aromatic carbocycles. The van der Waals surface area contributed by atoms with E-state index in [9.17, 15) is 8.42 Å². The van der Waals surface area contributed by atoms with Gasteiger partial charge in [-0.2, -0.15) is 12.7 Å². The van der Waals surface area contributed by atoms with Gasteiger partial charge in [0.05, 0.1) is 0 Å². The van der Waals surface area contributed by atoms with E-state index in [-0.39, 0.29) is 12.5 Å². The maximum Gasteiger partial charge on any atom is 0.279 e. The molecule has 0 radical (unpaired) electrons. The Balaban J connectivity index is 2.65. The molecule has 7 heteroatoms. The van der Waals surface area contributed by atoms with Crippen molar-refractivity contribution in [2.45, 2.75) is 20.4 Å². The van der Waals surface area contributed by atoms with Crippen molar-refractivity contribution in [3.8, 4) is 11.8 Å². The standard InChI is InChI=1S/C13H20N2O3S2/c1-11(2)8-14-20(17,18)15(3)9-13-7-12(10-19-13)5-4-6-16/h7,10-11,14,16H,6,8-9H2,1-3H3. The molecule has 0 fully saturated rings. The highest BCUT2D eigenvalue weighted by Gasteiger charge is 2.18. The molecule has 0 unspecified atom stereocenters. The Hall–Kier alpha value is -0.910. The Kier molecular flexibility index (Phi) is 6.65. The third kappa shape index (κ3) is 5.61. The molecule has 0 saturated carbocycles. The molecular formula is C13H20N2O3S2. The molecule has 2 N–H and O–H groups in total. The number of thiophene rings is 1. The highest BCUT2D eigenvalue weighted by atomic mass is 32.2. The third-order valence-electron chi connectivity index (χ3n) is 2.43. The van der Waals surface area contributed by atoms with Gasteiger partial charge in [0.1, 0.15) is 6.61 Å². The van der Waals surface area contributed by atoms with Crippen LogP contribution in [0.2, 0.25) is 0 Å². The van der Waals surface area contributed by atoms with Gasteiger partial charge in [-0.15, -0.1) is 11.3 Å². The average Bonchev–Trinajstić information content (AvgIpc) is 2.81. The smallest absolute Gasteiger partial charge is 0.279 e. The first kappa shape index (κ1) is 17.1. The number of aliphatic hydroxyl groups is 1. The van der Waals surface area contributed by atoms with Crippen molar-refractivity contribution >= 4 is 21.5 Å². The van der Waals surface area contributed by atoms with Gasteiger partial charge >= 0.3 is 0 Å². The summed E-state index contributed by atoms with van der Waals surface area (Å²) < 4.78 is 27.8. The Labute approximate surface area is 124 Å². The van der Waals surface area contributed by atoms with Crippen molar-refractivity contribution in [3.63, 3.8) is 0 Å². The first-order valence-corrected chi connectivity index (χ1v) is 8.55. The van der Waals surface area contributed by atoms with Crippen LogP contribution in [0.25, 0.3) is 0 Å². The normalized spacial score (nSPS) is 11.7. The molecule has 1 aromatic heterocycles. The van der Waals surface area contributed by atoms with Gasteiger partial charge in [0.2, 0.25) is 0 Å². The monoisotopic (exact) mass is 316 g/mol. The zero-order chi connectivity index (χ0) is 15.2. The zero-order valence-corrected chi connectivity index (χ0v) is 13.5. The van der Waals surface area contributed by atoms with Crippen LogP contribution in [0.5, 0.6) is 0 Å². The largest absolute Gasteiger partial charge is 0.384 e. The first-order chi connectivity index (χ1) is 9.35. The second kappa shape index (κ2) is 7.76. The summed E-state index contributed by atoms with van der Waals surface area (Å²) in [7, 11) is -1.90. The van der Waals surface area contributed by atoms with Crippen LogP contribution in [-0.2, 0) is 16.8 Å². The summed E-state index contributed by atoms with van der Waals surface area (Å²) in [6, 6.07) is 1.84. The van der Waals surface area contributed by atoms with Gasteiger partial charge < -0.3 is 5.11 Å². The van der Waals surface area contributed by atoms with Gasteiger partial charge in [-0.05, 0) is 12.0 Å². The number of nitrogens with one attached hydrogen (secondary N) is 1. The molecule has 0 aliphatic rings. The van der Waals surface area contributed by atoms with E-state index >= 15 is 0 Å². The zero-order valence-electron chi connectivity index (χ0n) is 11.9. The molecule has 0 amide bonds. The van der Waals surface area contributed by atoms with E-state index in [2.05, 4.69) is 16.6 Å². The van der Waals surface area contributed by atoms with Crippen LogP contribution in [0.1, 0.15) is 24.3 Å². The van der Waals surface area contributed by atoms with E-state index in [4.69, 9.17) is 5.11 Å². The van der Waals surface area contributed by atoms with Crippen molar-refractivity contribution in [1.82, 2.24) is 9.03 Å². The number of nitrogens with zero attached hydrogens (tertiary/aromatic N) is 1. The van der Waals surface area contributed by atoms with Crippen LogP contribution in [0.15, 0.2) is 11.4 Å². The average molecular weight is 316 g/mol. The van der Waals surface area contributed by atoms with E-state index in [0.717, 1.165) is 10.4 Å². The summed E-state index contributed by atoms with van der Waals surface area (Å²) in [5.74, 6) is 5.62. The lowest BCUT2D eigenvalue weighted by atomic mass is 10.2. The van der Waals surface area contributed by atoms with Crippen molar-refractivity contribution in [3.05, 3.63) is 21.9 Å². The van der Waals surface area contributed by atoms with Crippen molar-refractivity contribution in [2.75, 3.05) is 20.2 Å². The van der Waals surface area contributed by atoms with Crippen LogP contribution in [0.4, 0.5) is 0 Å². The van der Waals surface area contributed by atoms with E-state index in [1.807, 2.05) is 25.3 Å². The molecule has 0 aliphatic carbocycles. The summed E-state index contributed by atoms with van der Waals surface area (Å²) in [4.78, 5) is 0.907. The van der Waals surface area contributed by atoms with Crippen LogP contribution in [-0.4, -0.2) is 38.0 Å². The van der Waals surface area contributed by atoms with E-state index in [0.29, 0.717) is 13.1 Å². The Morgan fingerprint density at radius 3 is 2.80 bits per heavy atom. The predicted molar refractivity (Wildman–Crippen MR) is 81.5 cm³/mol. The van der Waals surface area contributed by atoms with Crippen molar-refractivity contribution in [1.29, 1.82) is 0 Å². The van der Waals surface area contributed by atoms with E-state index in [1.54, 1.807) is 7.05 Å². The maximum atomic E-state index is 12.0. The number of hydrogen-bond acceptors (Lipinski definition) is 4. The molecule has 1 rings (SSSR count). The minimum absolute atomic E-state index is 0.182. The molecule has 0 spiro atoms. The molecule has 0 atom stereocenters. The third-order valence-corrected chi connectivity index (χ3v) is 4.83. The fourth-order valence-corrected chi connectivity index (χ4v) is 3.38. The van der Waals surface area contributed by atoms with Crippen molar-refractivity contribution in [2.24, 2.45) is 5.92 Å². The lowest BCUT2D eigenvalue weighted by Gasteiger charge is -2.17. The summed E-state index contributed by atoms with van der Waals surface area (Å²) in [6.45, 7) is 4.45. The van der Waals surface area contributed by atoms with Crippen molar-refractivity contribution < 1.29 is 13.5 Å². The van der Waals surface area contributed by atoms with Crippen LogP contribution in [0.3, 0.4) is 0 Å². The van der Waals surface area contributed by atoms with Gasteiger partial charge in [-0.25, -0.2) is 4.72 Å². The topological polar surface area (TPSA) is 69.6 Å². The van der Waals surface area contributed by atoms with E-state index in [1.165, 1.54) is 15.6 Å². The number of aliphatic hydroxyl groups excluding tert-OH is 1. The maximum absolute atomic E-state index is 12.0. The molecule has 1 aromatic rings. The minimum atomic E-state index is -3.45. The first-order valence-electron chi connectivity index (χ1n) is 6.23. The van der Waals surface area contributed by atoms with Gasteiger partial charge in [-0.1, -0.05) is 25.7 Å². The second-order valence-electron chi connectivity index (χ2n) is 4.76. The van der Waals surface area contributed by atoms with Gasteiger partial charge in [0, 0.05) is 36.0 Å². The van der Waals surface area contributed by atoms with Gasteiger partial charge in [-0.3, -0.25) is 0 Å². The molecule has 20 heavy (non-hydrogen) atoms. The Bertz CT molecular complexity index is 582. The Morgan fingerprint density at radius 2 is 2.20 bits per heavy atom. The summed E-state index contributed by atoms with van der Waals surface area (Å²) in [5, 5.41) is 10.5. The van der Waals surface area contributed by atoms with Gasteiger partial charge in [0.25, 0.3) is 10.2 Å². The quantitative estimate of drug-likeness (QED) is 0.770. The fraction of sp³-hybridized carbons (Fsp3) is 0.538. The second-order valence-corrected chi connectivity index (χ2v) is 7.62. The summed E-state index contributed by atoms with van der Waals surface area (Å²) in [6.07, 6.45) is 0. The van der Waals surface area contributed by atoms with Crippen LogP contribution >= 0.6 is 11.3 Å². The predicted octanol–water partition coefficient (Wildman–Crippen LogP) is 1.01. The highest BCUT2D eigenvalue weighted by molar-refractivity contribution is 7.87. The lowest BCUT2D eigenvalue weighted by Crippen LogP contribution is -2.39. The highest BCUT2D eigenvalue weighted by Crippen LogP contribution is 2.16. The molecule has 0 aliphatic heterocycles. The minimum Gasteiger partial charge on any atom is -0.384 e. The van der Waals surface area contributed by atoms with Crippen LogP contribution in [0, 0.1) is 17.8 Å². The Morgan fingerprint density at radius 1 is 1.50 bits per heavy atom. The molecular weight excluding hydrogens is 296 g/mol. The molecule has 0 bridgehead atoms. The molecule has 5 nitrogen and oxygen atoms in total. The summed E-state index contributed by atoms with van der Waals surface area (Å²) >= 11 is 1.45. The molecule has 0 saturated heterocycles. The number of hydrogen-bond donors (Lipinski definition) is 2. The SMILES string of the molecule is CC(C)CNS(=O)(=O)N(C)Cc1cc(C#CCO)cs1. The molecule has 1 heterocycles. The summed E-state index contributed by atoms with van der Waals surface area (Å²) in [5.41, 5.74) is 0.792. The fourth-order valence-electron chi connectivity index (χ4n) is 1.36. The molecule has 112 valence electrons. The van der Waals surface area contributed by atoms with E-state index < -0.39 is 10.2 Å². The lowest BCUT2D eigenvalue weighted by molar-refractivity contribution is 0.350. The van der Waals surface area contributed by atoms with Gasteiger partial charge in [0.15, 0.2) is 0 Å². The number of rotatable bonds is 6. The van der Waals surface area contributed by atoms with Crippen LogP contribution < -0.4 is 4.72 Å².